The van der Waals surface area contributed by atoms with Gasteiger partial charge < -0.3 is 15.3 Å². The molecule has 1 aromatic carbocycles. The lowest BCUT2D eigenvalue weighted by atomic mass is 10.2. The first-order valence-electron chi connectivity index (χ1n) is 7.15. The van der Waals surface area contributed by atoms with Gasteiger partial charge in [-0.15, -0.1) is 0 Å². The van der Waals surface area contributed by atoms with E-state index in [-0.39, 0.29) is 11.6 Å². The number of carboxylic acid groups (broad SMARTS) is 1. The minimum Gasteiger partial charge on any atom is -0.478 e. The van der Waals surface area contributed by atoms with Crippen LogP contribution < -0.4 is 5.32 Å². The number of carbonyl (C=O) groups is 2. The fourth-order valence-corrected chi connectivity index (χ4v) is 2.84. The van der Waals surface area contributed by atoms with Crippen LogP contribution in [0.5, 0.6) is 0 Å². The molecule has 0 unspecified atom stereocenters. The standard InChI is InChI=1S/C15H17BrN2O3/c16-12-3-1-2-11(14(19)20)13(12)17-15(21)18(10-6-7-10)8-9-4-5-9/h1-3,9-10H,4-8H2,(H,17,21)(H,19,20). The zero-order chi connectivity index (χ0) is 15.0. The van der Waals surface area contributed by atoms with E-state index in [2.05, 4.69) is 21.2 Å². The van der Waals surface area contributed by atoms with Crippen LogP contribution in [0.15, 0.2) is 22.7 Å². The summed E-state index contributed by atoms with van der Waals surface area (Å²) in [7, 11) is 0. The van der Waals surface area contributed by atoms with Crippen LogP contribution in [-0.2, 0) is 0 Å². The van der Waals surface area contributed by atoms with Gasteiger partial charge in [-0.3, -0.25) is 0 Å². The molecule has 0 heterocycles. The van der Waals surface area contributed by atoms with Crippen molar-refractivity contribution in [1.82, 2.24) is 4.90 Å². The number of amides is 2. The maximum absolute atomic E-state index is 12.5. The second-order valence-electron chi connectivity index (χ2n) is 5.72. The fourth-order valence-electron chi connectivity index (χ4n) is 2.37. The summed E-state index contributed by atoms with van der Waals surface area (Å²) in [6.45, 7) is 0.781. The molecule has 2 aliphatic rings. The highest BCUT2D eigenvalue weighted by Gasteiger charge is 2.37. The molecule has 112 valence electrons. The molecular weight excluding hydrogens is 336 g/mol. The van der Waals surface area contributed by atoms with Gasteiger partial charge in [0.1, 0.15) is 0 Å². The Balaban J connectivity index is 1.78. The summed E-state index contributed by atoms with van der Waals surface area (Å²) in [6.07, 6.45) is 4.46. The highest BCUT2D eigenvalue weighted by atomic mass is 79.9. The van der Waals surface area contributed by atoms with Crippen LogP contribution in [0.25, 0.3) is 0 Å². The predicted molar refractivity (Wildman–Crippen MR) is 82.6 cm³/mol. The van der Waals surface area contributed by atoms with E-state index in [1.165, 1.54) is 18.9 Å². The number of halogens is 1. The van der Waals surface area contributed by atoms with Crippen molar-refractivity contribution in [2.24, 2.45) is 5.92 Å². The summed E-state index contributed by atoms with van der Waals surface area (Å²) in [4.78, 5) is 25.6. The molecular formula is C15H17BrN2O3. The maximum Gasteiger partial charge on any atom is 0.337 e. The number of para-hydroxylation sites is 1. The number of nitrogens with zero attached hydrogens (tertiary/aromatic N) is 1. The van der Waals surface area contributed by atoms with E-state index < -0.39 is 5.97 Å². The molecule has 3 rings (SSSR count). The first-order chi connectivity index (χ1) is 10.1. The third kappa shape index (κ3) is 3.37. The van der Waals surface area contributed by atoms with Crippen LogP contribution in [0.3, 0.4) is 0 Å². The first kappa shape index (κ1) is 14.4. The highest BCUT2D eigenvalue weighted by Crippen LogP contribution is 2.35. The second kappa shape index (κ2) is 5.67. The van der Waals surface area contributed by atoms with Gasteiger partial charge in [0.2, 0.25) is 0 Å². The molecule has 0 bridgehead atoms. The van der Waals surface area contributed by atoms with Crippen molar-refractivity contribution >= 4 is 33.6 Å². The van der Waals surface area contributed by atoms with Gasteiger partial charge in [-0.05, 0) is 59.7 Å². The monoisotopic (exact) mass is 352 g/mol. The maximum atomic E-state index is 12.5. The molecule has 2 saturated carbocycles. The Morgan fingerprint density at radius 2 is 2.00 bits per heavy atom. The summed E-state index contributed by atoms with van der Waals surface area (Å²) in [5.74, 6) is -0.429. The molecule has 6 heteroatoms. The van der Waals surface area contributed by atoms with Crippen LogP contribution in [-0.4, -0.2) is 34.6 Å². The minimum atomic E-state index is -1.05. The lowest BCUT2D eigenvalue weighted by Crippen LogP contribution is -2.38. The number of carboxylic acids is 1. The lowest BCUT2D eigenvalue weighted by Gasteiger charge is -2.23. The molecule has 0 aromatic heterocycles. The number of nitrogens with one attached hydrogen (secondary N) is 1. The molecule has 2 aliphatic carbocycles. The summed E-state index contributed by atoms with van der Waals surface area (Å²) < 4.78 is 0.581. The molecule has 0 saturated heterocycles. The van der Waals surface area contributed by atoms with Gasteiger partial charge >= 0.3 is 12.0 Å². The molecule has 0 aliphatic heterocycles. The lowest BCUT2D eigenvalue weighted by molar-refractivity contribution is 0.0698. The Labute approximate surface area is 131 Å². The summed E-state index contributed by atoms with van der Waals surface area (Å²) in [5, 5.41) is 12.0. The summed E-state index contributed by atoms with van der Waals surface area (Å²) >= 11 is 3.31. The largest absolute Gasteiger partial charge is 0.478 e. The number of carbonyl (C=O) groups excluding carboxylic acids is 1. The number of aromatic carboxylic acids is 1. The summed E-state index contributed by atoms with van der Waals surface area (Å²) in [5.41, 5.74) is 0.427. The van der Waals surface area contributed by atoms with Gasteiger partial charge in [-0.25, -0.2) is 9.59 Å². The zero-order valence-electron chi connectivity index (χ0n) is 11.5. The van der Waals surface area contributed by atoms with Crippen LogP contribution in [0.4, 0.5) is 10.5 Å². The second-order valence-corrected chi connectivity index (χ2v) is 6.58. The normalized spacial score (nSPS) is 17.4. The van der Waals surface area contributed by atoms with Gasteiger partial charge in [0, 0.05) is 17.1 Å². The van der Waals surface area contributed by atoms with Crippen molar-refractivity contribution in [1.29, 1.82) is 0 Å². The quantitative estimate of drug-likeness (QED) is 0.851. The number of anilines is 1. The molecule has 0 atom stereocenters. The minimum absolute atomic E-state index is 0.0971. The van der Waals surface area contributed by atoms with Crippen LogP contribution in [0.1, 0.15) is 36.0 Å². The van der Waals surface area contributed by atoms with Gasteiger partial charge in [-0.1, -0.05) is 6.07 Å². The average Bonchev–Trinajstić information content (AvgIpc) is 3.31. The Morgan fingerprint density at radius 1 is 1.29 bits per heavy atom. The predicted octanol–water partition coefficient (Wildman–Crippen LogP) is 3.55. The van der Waals surface area contributed by atoms with Gasteiger partial charge in [0.25, 0.3) is 0 Å². The van der Waals surface area contributed by atoms with Crippen LogP contribution >= 0.6 is 15.9 Å². The third-order valence-corrected chi connectivity index (χ3v) is 4.54. The van der Waals surface area contributed by atoms with E-state index in [1.807, 2.05) is 4.90 Å². The van der Waals surface area contributed by atoms with Crippen molar-refractivity contribution in [2.45, 2.75) is 31.7 Å². The SMILES string of the molecule is O=C(O)c1cccc(Br)c1NC(=O)N(CC1CC1)C1CC1. The van der Waals surface area contributed by atoms with E-state index in [0.717, 1.165) is 19.4 Å². The van der Waals surface area contributed by atoms with Crippen molar-refractivity contribution in [2.75, 3.05) is 11.9 Å². The third-order valence-electron chi connectivity index (χ3n) is 3.88. The van der Waals surface area contributed by atoms with E-state index >= 15 is 0 Å². The van der Waals surface area contributed by atoms with Gasteiger partial charge in [-0.2, -0.15) is 0 Å². The Hall–Kier alpha value is -1.56. The molecule has 2 fully saturated rings. The van der Waals surface area contributed by atoms with Crippen molar-refractivity contribution in [3.63, 3.8) is 0 Å². The van der Waals surface area contributed by atoms with Crippen molar-refractivity contribution in [3.8, 4) is 0 Å². The topological polar surface area (TPSA) is 69.6 Å². The fraction of sp³-hybridized carbons (Fsp3) is 0.467. The number of benzene rings is 1. The van der Waals surface area contributed by atoms with E-state index in [9.17, 15) is 14.7 Å². The van der Waals surface area contributed by atoms with Crippen LogP contribution in [0, 0.1) is 5.92 Å². The van der Waals surface area contributed by atoms with E-state index in [0.29, 0.717) is 22.1 Å². The molecule has 2 N–H and O–H groups in total. The Kier molecular flexibility index (Phi) is 3.89. The molecule has 0 spiro atoms. The smallest absolute Gasteiger partial charge is 0.337 e. The highest BCUT2D eigenvalue weighted by molar-refractivity contribution is 9.10. The van der Waals surface area contributed by atoms with Gasteiger partial charge in [0.15, 0.2) is 0 Å². The molecule has 5 nitrogen and oxygen atoms in total. The zero-order valence-corrected chi connectivity index (χ0v) is 13.1. The average molecular weight is 353 g/mol. The summed E-state index contributed by atoms with van der Waals surface area (Å²) in [6, 6.07) is 4.99. The van der Waals surface area contributed by atoms with Crippen molar-refractivity contribution in [3.05, 3.63) is 28.2 Å². The first-order valence-corrected chi connectivity index (χ1v) is 7.95. The molecule has 1 aromatic rings. The van der Waals surface area contributed by atoms with Crippen LogP contribution in [0.2, 0.25) is 0 Å². The van der Waals surface area contributed by atoms with E-state index in [4.69, 9.17) is 0 Å². The van der Waals surface area contributed by atoms with E-state index in [1.54, 1.807) is 12.1 Å². The molecule has 2 amide bonds. The number of rotatable bonds is 5. The number of hydrogen-bond acceptors (Lipinski definition) is 2. The Bertz CT molecular complexity index is 582. The Morgan fingerprint density at radius 3 is 2.57 bits per heavy atom. The number of urea groups is 1. The van der Waals surface area contributed by atoms with Gasteiger partial charge in [0.05, 0.1) is 11.3 Å². The molecule has 21 heavy (non-hydrogen) atoms. The molecule has 0 radical (unpaired) electrons. The number of hydrogen-bond donors (Lipinski definition) is 2. The van der Waals surface area contributed by atoms with Crippen molar-refractivity contribution < 1.29 is 14.7 Å².